The van der Waals surface area contributed by atoms with Gasteiger partial charge in [-0.25, -0.2) is 0 Å². The van der Waals surface area contributed by atoms with Gasteiger partial charge in [-0.1, -0.05) is 19.8 Å². The zero-order valence-electron chi connectivity index (χ0n) is 20.3. The van der Waals surface area contributed by atoms with Crippen molar-refractivity contribution < 1.29 is 92.9 Å². The van der Waals surface area contributed by atoms with Gasteiger partial charge in [0.25, 0.3) is 0 Å². The van der Waals surface area contributed by atoms with Crippen molar-refractivity contribution in [3.63, 3.8) is 0 Å². The first-order valence-corrected chi connectivity index (χ1v) is 10.5. The molecule has 0 spiro atoms. The molecule has 7 N–H and O–H groups in total. The van der Waals surface area contributed by atoms with Crippen LogP contribution in [-0.4, -0.2) is 76.2 Å². The predicted molar refractivity (Wildman–Crippen MR) is 121 cm³/mol. The van der Waals surface area contributed by atoms with E-state index in [4.69, 9.17) is 5.73 Å². The summed E-state index contributed by atoms with van der Waals surface area (Å²) in [4.78, 5) is 51.7. The summed E-state index contributed by atoms with van der Waals surface area (Å²) in [5.74, 6) is -0.933. The van der Waals surface area contributed by atoms with Crippen molar-refractivity contribution in [1.29, 1.82) is 0 Å². The number of hydrogen-bond acceptors (Lipinski definition) is 7. The minimum Gasteiger partial charge on any atom is -0.528 e. The van der Waals surface area contributed by atoms with Crippen molar-refractivity contribution in [2.75, 3.05) is 33.2 Å². The van der Waals surface area contributed by atoms with Gasteiger partial charge in [0.05, 0.1) is 13.1 Å². The maximum absolute atomic E-state index is 11.1. The quantitative estimate of drug-likeness (QED) is 0.0466. The first-order valence-electron chi connectivity index (χ1n) is 10.5. The molecule has 0 saturated carbocycles. The van der Waals surface area contributed by atoms with E-state index < -0.39 is 17.9 Å². The summed E-state index contributed by atoms with van der Waals surface area (Å²) in [6, 6.07) is -0.505. The Bertz CT molecular complexity index is 468. The molecular weight excluding hydrogens is 537 g/mol. The molecule has 0 aromatic heterocycles. The molecule has 0 aromatic carbocycles. The van der Waals surface area contributed by atoms with Gasteiger partial charge in [0.2, 0.25) is 18.2 Å². The molecule has 2 unspecified atom stereocenters. The average molecular weight is 578 g/mol. The Kier molecular flexibility index (Phi) is 39.6. The number of unbranched alkanes of at least 4 members (excludes halogenated alkanes) is 2. The molecule has 32 heavy (non-hydrogen) atoms. The van der Waals surface area contributed by atoms with Gasteiger partial charge in [-0.2, -0.15) is 6.41 Å². The first-order chi connectivity index (χ1) is 14.8. The van der Waals surface area contributed by atoms with Crippen molar-refractivity contribution in [3.05, 3.63) is 0 Å². The Hall–Kier alpha value is -0.478. The number of carbonyl (C=O) groups excluding carboxylic acids is 5. The molecule has 11 nitrogen and oxygen atoms in total. The average Bonchev–Trinajstić information content (AvgIpc) is 2.75. The van der Waals surface area contributed by atoms with Gasteiger partial charge >= 0.3 is 68.9 Å². The van der Waals surface area contributed by atoms with Crippen molar-refractivity contribution in [1.82, 2.24) is 26.6 Å². The number of hydrogen-bond donors (Lipinski definition) is 6. The van der Waals surface area contributed by atoms with Gasteiger partial charge < -0.3 is 41.9 Å². The van der Waals surface area contributed by atoms with Crippen molar-refractivity contribution in [3.8, 4) is 0 Å². The van der Waals surface area contributed by atoms with Gasteiger partial charge in [-0.15, -0.1) is 0 Å². The van der Waals surface area contributed by atoms with Crippen LogP contribution in [0.5, 0.6) is 0 Å². The molecule has 0 saturated heterocycles. The van der Waals surface area contributed by atoms with E-state index in [1.807, 2.05) is 14.0 Å². The summed E-state index contributed by atoms with van der Waals surface area (Å²) in [7, 11) is 1.98. The summed E-state index contributed by atoms with van der Waals surface area (Å²) < 4.78 is 0. The van der Waals surface area contributed by atoms with E-state index in [0.29, 0.717) is 12.7 Å². The van der Waals surface area contributed by atoms with Crippen LogP contribution in [0.4, 0.5) is 0 Å². The SMILES string of the molecule is CC(CCCCN)N[C-]=O.CC(NC(=O)CNC=O)C(=O)NCC=O.CCCCNC.[Cs+]. The van der Waals surface area contributed by atoms with Crippen LogP contribution in [0.25, 0.3) is 0 Å². The molecule has 0 radical (unpaired) electrons. The molecule has 0 bridgehead atoms. The largest absolute Gasteiger partial charge is 1.00 e. The Balaban J connectivity index is -0.000000199. The summed E-state index contributed by atoms with van der Waals surface area (Å²) in [5, 5.41) is 12.4. The van der Waals surface area contributed by atoms with Crippen LogP contribution in [0.2, 0.25) is 0 Å². The number of rotatable bonds is 16. The van der Waals surface area contributed by atoms with E-state index in [1.165, 1.54) is 19.8 Å². The molecule has 0 aliphatic rings. The maximum atomic E-state index is 11.1. The fourth-order valence-corrected chi connectivity index (χ4v) is 1.91. The van der Waals surface area contributed by atoms with Crippen LogP contribution in [0.15, 0.2) is 0 Å². The van der Waals surface area contributed by atoms with Crippen LogP contribution in [0.1, 0.15) is 52.9 Å². The smallest absolute Gasteiger partial charge is 0.528 e. The molecule has 0 aromatic rings. The molecule has 0 aliphatic heterocycles. The second kappa shape index (κ2) is 32.7. The summed E-state index contributed by atoms with van der Waals surface area (Å²) in [6.45, 7) is 7.24. The summed E-state index contributed by atoms with van der Waals surface area (Å²) >= 11 is 0. The number of carbonyl (C=O) groups is 4. The molecule has 0 aliphatic carbocycles. The Morgan fingerprint density at radius 2 is 1.78 bits per heavy atom. The van der Waals surface area contributed by atoms with E-state index in [1.54, 1.807) is 6.41 Å². The van der Waals surface area contributed by atoms with Crippen LogP contribution in [-0.2, 0) is 24.0 Å². The van der Waals surface area contributed by atoms with E-state index in [0.717, 1.165) is 32.4 Å². The second-order valence-electron chi connectivity index (χ2n) is 6.59. The monoisotopic (exact) mass is 578 g/mol. The zero-order valence-corrected chi connectivity index (χ0v) is 26.6. The molecule has 2 atom stereocenters. The fraction of sp³-hybridized carbons (Fsp3) is 0.750. The Morgan fingerprint density at radius 1 is 1.12 bits per heavy atom. The second-order valence-corrected chi connectivity index (χ2v) is 6.59. The first kappa shape index (κ1) is 38.8. The van der Waals surface area contributed by atoms with E-state index in [9.17, 15) is 24.0 Å². The van der Waals surface area contributed by atoms with Crippen LogP contribution in [0, 0.1) is 0 Å². The fourth-order valence-electron chi connectivity index (χ4n) is 1.91. The zero-order chi connectivity index (χ0) is 24.3. The predicted octanol–water partition coefficient (Wildman–Crippen LogP) is -4.28. The minimum atomic E-state index is -0.745. The van der Waals surface area contributed by atoms with Gasteiger partial charge in [-0.3, -0.25) is 14.4 Å². The number of nitrogens with one attached hydrogen (secondary N) is 5. The molecular formula is C20H41CsN6O5. The van der Waals surface area contributed by atoms with Crippen LogP contribution >= 0.6 is 0 Å². The van der Waals surface area contributed by atoms with Crippen molar-refractivity contribution in [2.24, 2.45) is 5.73 Å². The Labute approximate surface area is 251 Å². The normalized spacial score (nSPS) is 10.8. The Morgan fingerprint density at radius 3 is 2.22 bits per heavy atom. The number of amides is 4. The molecule has 4 amide bonds. The number of nitrogens with two attached hydrogens (primary N) is 1. The van der Waals surface area contributed by atoms with Gasteiger partial charge in [-0.05, 0) is 59.3 Å². The van der Waals surface area contributed by atoms with Crippen LogP contribution in [0.3, 0.4) is 0 Å². The topological polar surface area (TPSA) is 172 Å². The third kappa shape index (κ3) is 34.1. The van der Waals surface area contributed by atoms with Crippen molar-refractivity contribution in [2.45, 2.75) is 65.0 Å². The van der Waals surface area contributed by atoms with E-state index >= 15 is 0 Å². The third-order valence-corrected chi connectivity index (χ3v) is 3.65. The summed E-state index contributed by atoms with van der Waals surface area (Å²) in [5.41, 5.74) is 5.29. The van der Waals surface area contributed by atoms with Crippen LogP contribution < -0.4 is 101 Å². The van der Waals surface area contributed by atoms with E-state index in [2.05, 4.69) is 33.5 Å². The molecule has 0 heterocycles. The minimum absolute atomic E-state index is 0. The van der Waals surface area contributed by atoms with Crippen molar-refractivity contribution >= 4 is 30.9 Å². The third-order valence-electron chi connectivity index (χ3n) is 3.65. The standard InChI is InChI=1S/C8H13N3O4.C7H15N2O.C5H13N.Cs/c1-6(8(15)10-2-3-12)11-7(14)4-9-5-13;1-7(9-6-10)4-2-3-5-8;1-3-4-5-6-2;/h3,5-6H,2,4H2,1H3,(H,9,13)(H,10,15)(H,11,14);7H,2-5,8H2,1H3,(H,9,10);6H,3-5H2,1-2H3;/q;-1;;+1. The van der Waals surface area contributed by atoms with Gasteiger partial charge in [0.1, 0.15) is 12.3 Å². The molecule has 0 fully saturated rings. The molecule has 12 heteroatoms. The molecule has 0 rings (SSSR count). The maximum Gasteiger partial charge on any atom is 1.00 e. The van der Waals surface area contributed by atoms with E-state index in [-0.39, 0.29) is 88.0 Å². The summed E-state index contributed by atoms with van der Waals surface area (Å²) in [6.07, 6.45) is 8.29. The van der Waals surface area contributed by atoms with Gasteiger partial charge in [0.15, 0.2) is 0 Å². The molecule has 182 valence electrons. The number of aldehydes is 1. The van der Waals surface area contributed by atoms with Gasteiger partial charge in [0, 0.05) is 0 Å².